The maximum atomic E-state index is 5.32. The Hall–Kier alpha value is -1.02. The normalized spacial score (nSPS) is 29.1. The second-order valence-electron chi connectivity index (χ2n) is 5.43. The van der Waals surface area contributed by atoms with Crippen molar-refractivity contribution in [1.82, 2.24) is 5.32 Å². The van der Waals surface area contributed by atoms with Gasteiger partial charge in [-0.15, -0.1) is 0 Å². The molecule has 2 heteroatoms. The molecule has 0 saturated heterocycles. The second kappa shape index (κ2) is 5.54. The first-order chi connectivity index (χ1) is 8.16. The summed E-state index contributed by atoms with van der Waals surface area (Å²) >= 11 is 0. The first-order valence-corrected chi connectivity index (χ1v) is 6.57. The van der Waals surface area contributed by atoms with Gasteiger partial charge < -0.3 is 9.73 Å². The van der Waals surface area contributed by atoms with E-state index in [1.807, 2.05) is 12.1 Å². The Labute approximate surface area is 104 Å². The van der Waals surface area contributed by atoms with E-state index in [2.05, 4.69) is 32.2 Å². The highest BCUT2D eigenvalue weighted by atomic mass is 16.3. The Balaban J connectivity index is 1.82. The number of hydrogen-bond acceptors (Lipinski definition) is 2. The summed E-state index contributed by atoms with van der Waals surface area (Å²) in [5.74, 6) is 3.23. The molecule has 0 aromatic carbocycles. The van der Waals surface area contributed by atoms with Crippen LogP contribution in [0.4, 0.5) is 0 Å². The number of allylic oxidation sites excluding steroid dienone is 2. The summed E-state index contributed by atoms with van der Waals surface area (Å²) in [4.78, 5) is 0. The molecule has 1 aromatic rings. The third-order valence-corrected chi connectivity index (χ3v) is 3.86. The van der Waals surface area contributed by atoms with E-state index < -0.39 is 0 Å². The number of rotatable bonds is 4. The van der Waals surface area contributed by atoms with Crippen LogP contribution in [0, 0.1) is 17.8 Å². The van der Waals surface area contributed by atoms with Gasteiger partial charge in [-0.2, -0.15) is 0 Å². The number of hydrogen-bond donors (Lipinski definition) is 1. The van der Waals surface area contributed by atoms with Gasteiger partial charge in [-0.3, -0.25) is 0 Å². The van der Waals surface area contributed by atoms with Gasteiger partial charge in [-0.05, 0) is 49.8 Å². The zero-order chi connectivity index (χ0) is 12.3. The van der Waals surface area contributed by atoms with Crippen molar-refractivity contribution in [3.05, 3.63) is 35.8 Å². The maximum Gasteiger partial charge on any atom is 0.117 e. The molecule has 1 aromatic heterocycles. The first kappa shape index (κ1) is 12.4. The SMILES string of the molecule is CC1=C[C@@H](C)[C@H](CNCc2ccco2)[C@H](C)C1. The molecule has 0 radical (unpaired) electrons. The molecule has 0 spiro atoms. The van der Waals surface area contributed by atoms with Crippen LogP contribution in [0.25, 0.3) is 0 Å². The molecule has 2 nitrogen and oxygen atoms in total. The molecule has 1 N–H and O–H groups in total. The minimum Gasteiger partial charge on any atom is -0.468 e. The van der Waals surface area contributed by atoms with Crippen LogP contribution in [0.5, 0.6) is 0 Å². The summed E-state index contributed by atoms with van der Waals surface area (Å²) in [6.45, 7) is 8.86. The Bertz CT molecular complexity index is 366. The summed E-state index contributed by atoms with van der Waals surface area (Å²) in [7, 11) is 0. The molecule has 0 fully saturated rings. The van der Waals surface area contributed by atoms with Crippen LogP contribution in [0.3, 0.4) is 0 Å². The Morgan fingerprint density at radius 1 is 1.41 bits per heavy atom. The van der Waals surface area contributed by atoms with E-state index in [0.29, 0.717) is 5.92 Å². The summed E-state index contributed by atoms with van der Waals surface area (Å²) < 4.78 is 5.32. The van der Waals surface area contributed by atoms with E-state index in [0.717, 1.165) is 30.7 Å². The smallest absolute Gasteiger partial charge is 0.117 e. The van der Waals surface area contributed by atoms with E-state index in [4.69, 9.17) is 4.42 Å². The highest BCUT2D eigenvalue weighted by Gasteiger charge is 2.26. The highest BCUT2D eigenvalue weighted by molar-refractivity contribution is 5.08. The van der Waals surface area contributed by atoms with Gasteiger partial charge in [-0.1, -0.05) is 25.5 Å². The van der Waals surface area contributed by atoms with Gasteiger partial charge in [-0.25, -0.2) is 0 Å². The van der Waals surface area contributed by atoms with Crippen LogP contribution in [0.2, 0.25) is 0 Å². The Morgan fingerprint density at radius 2 is 2.24 bits per heavy atom. The van der Waals surface area contributed by atoms with Crippen molar-refractivity contribution < 1.29 is 4.42 Å². The van der Waals surface area contributed by atoms with Crippen molar-refractivity contribution in [1.29, 1.82) is 0 Å². The van der Waals surface area contributed by atoms with Gasteiger partial charge in [0.1, 0.15) is 5.76 Å². The minimum atomic E-state index is 0.683. The van der Waals surface area contributed by atoms with Crippen molar-refractivity contribution in [2.75, 3.05) is 6.54 Å². The third-order valence-electron chi connectivity index (χ3n) is 3.86. The lowest BCUT2D eigenvalue weighted by molar-refractivity contribution is 0.258. The van der Waals surface area contributed by atoms with E-state index in [1.165, 1.54) is 6.42 Å². The quantitative estimate of drug-likeness (QED) is 0.804. The largest absolute Gasteiger partial charge is 0.468 e. The lowest BCUT2D eigenvalue weighted by atomic mass is 9.75. The van der Waals surface area contributed by atoms with Gasteiger partial charge in [0.15, 0.2) is 0 Å². The average Bonchev–Trinajstić information content (AvgIpc) is 2.74. The van der Waals surface area contributed by atoms with Gasteiger partial charge in [0.2, 0.25) is 0 Å². The summed E-state index contributed by atoms with van der Waals surface area (Å²) in [5.41, 5.74) is 1.55. The number of furan rings is 1. The predicted molar refractivity (Wildman–Crippen MR) is 70.6 cm³/mol. The molecule has 1 aliphatic rings. The fourth-order valence-electron chi connectivity index (χ4n) is 2.98. The van der Waals surface area contributed by atoms with Crippen LogP contribution in [0.15, 0.2) is 34.5 Å². The van der Waals surface area contributed by atoms with Crippen molar-refractivity contribution in [2.45, 2.75) is 33.7 Å². The van der Waals surface area contributed by atoms with Crippen LogP contribution in [0.1, 0.15) is 33.0 Å². The summed E-state index contributed by atoms with van der Waals surface area (Å²) in [6, 6.07) is 3.96. The summed E-state index contributed by atoms with van der Waals surface area (Å²) in [5, 5.41) is 3.51. The molecule has 0 bridgehead atoms. The lowest BCUT2D eigenvalue weighted by Gasteiger charge is -2.33. The molecule has 17 heavy (non-hydrogen) atoms. The van der Waals surface area contributed by atoms with Crippen molar-refractivity contribution in [3.63, 3.8) is 0 Å². The summed E-state index contributed by atoms with van der Waals surface area (Å²) in [6.07, 6.45) is 5.41. The molecule has 94 valence electrons. The number of nitrogens with one attached hydrogen (secondary N) is 1. The predicted octanol–water partition coefficient (Wildman–Crippen LogP) is 3.61. The maximum absolute atomic E-state index is 5.32. The monoisotopic (exact) mass is 233 g/mol. The molecule has 0 amide bonds. The molecule has 0 aliphatic heterocycles. The first-order valence-electron chi connectivity index (χ1n) is 6.57. The van der Waals surface area contributed by atoms with Crippen LogP contribution in [-0.2, 0) is 6.54 Å². The van der Waals surface area contributed by atoms with Crippen molar-refractivity contribution in [2.24, 2.45) is 17.8 Å². The molecule has 3 atom stereocenters. The van der Waals surface area contributed by atoms with Crippen LogP contribution < -0.4 is 5.32 Å². The van der Waals surface area contributed by atoms with Crippen molar-refractivity contribution >= 4 is 0 Å². The average molecular weight is 233 g/mol. The fourth-order valence-corrected chi connectivity index (χ4v) is 2.98. The highest BCUT2D eigenvalue weighted by Crippen LogP contribution is 2.32. The molecule has 0 unspecified atom stereocenters. The Kier molecular flexibility index (Phi) is 4.06. The van der Waals surface area contributed by atoms with Crippen LogP contribution in [-0.4, -0.2) is 6.54 Å². The lowest BCUT2D eigenvalue weighted by Crippen LogP contribution is -2.33. The Morgan fingerprint density at radius 3 is 2.88 bits per heavy atom. The molecule has 2 rings (SSSR count). The third kappa shape index (κ3) is 3.22. The van der Waals surface area contributed by atoms with E-state index in [-0.39, 0.29) is 0 Å². The van der Waals surface area contributed by atoms with E-state index >= 15 is 0 Å². The zero-order valence-electron chi connectivity index (χ0n) is 11.1. The topological polar surface area (TPSA) is 25.2 Å². The standard InChI is InChI=1S/C15H23NO/c1-11-7-12(2)15(13(3)8-11)10-16-9-14-5-4-6-17-14/h4-7,12-13,15-16H,8-10H2,1-3H3/t12-,13-,15+/m1/s1. The second-order valence-corrected chi connectivity index (χ2v) is 5.43. The fraction of sp³-hybridized carbons (Fsp3) is 0.600. The minimum absolute atomic E-state index is 0.683. The van der Waals surface area contributed by atoms with Crippen LogP contribution >= 0.6 is 0 Å². The molecular formula is C15H23NO. The molecule has 1 aliphatic carbocycles. The van der Waals surface area contributed by atoms with Gasteiger partial charge in [0, 0.05) is 0 Å². The molecule has 1 heterocycles. The molecule has 0 saturated carbocycles. The van der Waals surface area contributed by atoms with E-state index in [9.17, 15) is 0 Å². The van der Waals surface area contributed by atoms with Gasteiger partial charge >= 0.3 is 0 Å². The van der Waals surface area contributed by atoms with E-state index in [1.54, 1.807) is 11.8 Å². The van der Waals surface area contributed by atoms with Gasteiger partial charge in [0.05, 0.1) is 12.8 Å². The van der Waals surface area contributed by atoms with Gasteiger partial charge in [0.25, 0.3) is 0 Å². The zero-order valence-corrected chi connectivity index (χ0v) is 11.1. The van der Waals surface area contributed by atoms with Crippen molar-refractivity contribution in [3.8, 4) is 0 Å². The molecular weight excluding hydrogens is 210 g/mol.